The predicted octanol–water partition coefficient (Wildman–Crippen LogP) is 2.58. The van der Waals surface area contributed by atoms with Crippen LogP contribution in [0, 0.1) is 0 Å². The Morgan fingerprint density at radius 1 is 1.26 bits per heavy atom. The highest BCUT2D eigenvalue weighted by molar-refractivity contribution is 5.69. The van der Waals surface area contributed by atoms with Gasteiger partial charge in [0.2, 0.25) is 0 Å². The molecule has 0 heterocycles. The van der Waals surface area contributed by atoms with E-state index in [0.717, 1.165) is 32.1 Å². The summed E-state index contributed by atoms with van der Waals surface area (Å²) < 4.78 is 10.0. The first kappa shape index (κ1) is 17.4. The minimum absolute atomic E-state index is 0.0989. The summed E-state index contributed by atoms with van der Waals surface area (Å²) in [6.07, 6.45) is 3.34. The number of hydrogen-bond acceptors (Lipinski definition) is 4. The Hall–Kier alpha value is -1.55. The first-order valence-corrected chi connectivity index (χ1v) is 6.49. The highest BCUT2D eigenvalue weighted by Crippen LogP contribution is 2.14. The largest absolute Gasteiger partial charge is 0.497 e. The quantitative estimate of drug-likeness (QED) is 0.610. The van der Waals surface area contributed by atoms with Gasteiger partial charge in [0.25, 0.3) is 0 Å². The summed E-state index contributed by atoms with van der Waals surface area (Å²) >= 11 is 0. The molecule has 0 aliphatic heterocycles. The van der Waals surface area contributed by atoms with Crippen LogP contribution in [-0.4, -0.2) is 31.9 Å². The third-order valence-electron chi connectivity index (χ3n) is 2.54. The van der Waals surface area contributed by atoms with Crippen LogP contribution in [0.3, 0.4) is 0 Å². The summed E-state index contributed by atoms with van der Waals surface area (Å²) in [6, 6.07) is 8.03. The lowest BCUT2D eigenvalue weighted by molar-refractivity contribution is -0.143. The first-order valence-electron chi connectivity index (χ1n) is 6.49. The summed E-state index contributed by atoms with van der Waals surface area (Å²) in [5.41, 5.74) is 1.24. The standard InChI is InChI=1S/C14H20O3.CH4O/c1-3-17-14(15)10-5-4-7-12-8-6-9-13(11-12)16-2;1-2/h6,8-9,11H,3-5,7,10H2,1-2H3;2H,1H3. The molecule has 0 aromatic heterocycles. The molecule has 4 heteroatoms. The van der Waals surface area contributed by atoms with E-state index in [1.165, 1.54) is 5.56 Å². The third-order valence-corrected chi connectivity index (χ3v) is 2.54. The van der Waals surface area contributed by atoms with Crippen molar-refractivity contribution < 1.29 is 19.4 Å². The van der Waals surface area contributed by atoms with Crippen molar-refractivity contribution in [2.45, 2.75) is 32.6 Å². The Bertz CT molecular complexity index is 350. The monoisotopic (exact) mass is 268 g/mol. The molecule has 0 atom stereocenters. The van der Waals surface area contributed by atoms with E-state index in [0.29, 0.717) is 13.0 Å². The Labute approximate surface area is 115 Å². The Morgan fingerprint density at radius 2 is 2.00 bits per heavy atom. The van der Waals surface area contributed by atoms with E-state index in [2.05, 4.69) is 6.07 Å². The van der Waals surface area contributed by atoms with E-state index in [9.17, 15) is 4.79 Å². The lowest BCUT2D eigenvalue weighted by Gasteiger charge is -2.04. The van der Waals surface area contributed by atoms with E-state index in [-0.39, 0.29) is 5.97 Å². The molecule has 0 amide bonds. The molecule has 0 radical (unpaired) electrons. The molecule has 0 aliphatic carbocycles. The van der Waals surface area contributed by atoms with Crippen LogP contribution in [0.1, 0.15) is 31.7 Å². The van der Waals surface area contributed by atoms with Crippen molar-refractivity contribution in [3.63, 3.8) is 0 Å². The molecule has 1 aromatic carbocycles. The van der Waals surface area contributed by atoms with Gasteiger partial charge < -0.3 is 14.6 Å². The number of aliphatic hydroxyl groups is 1. The van der Waals surface area contributed by atoms with Crippen LogP contribution in [0.5, 0.6) is 5.75 Å². The normalized spacial score (nSPS) is 9.26. The Morgan fingerprint density at radius 3 is 2.63 bits per heavy atom. The van der Waals surface area contributed by atoms with E-state index in [1.54, 1.807) is 7.11 Å². The SMILES string of the molecule is CCOC(=O)CCCCc1cccc(OC)c1.CO. The van der Waals surface area contributed by atoms with Crippen LogP contribution in [0.4, 0.5) is 0 Å². The van der Waals surface area contributed by atoms with Crippen molar-refractivity contribution in [2.75, 3.05) is 20.8 Å². The van der Waals surface area contributed by atoms with Gasteiger partial charge in [-0.1, -0.05) is 12.1 Å². The van der Waals surface area contributed by atoms with Crippen LogP contribution < -0.4 is 4.74 Å². The topological polar surface area (TPSA) is 55.8 Å². The number of aryl methyl sites for hydroxylation is 1. The molecule has 0 spiro atoms. The summed E-state index contributed by atoms with van der Waals surface area (Å²) in [5, 5.41) is 7.00. The molecule has 1 aromatic rings. The highest BCUT2D eigenvalue weighted by Gasteiger charge is 2.01. The van der Waals surface area contributed by atoms with Crippen molar-refractivity contribution in [1.82, 2.24) is 0 Å². The van der Waals surface area contributed by atoms with Gasteiger partial charge in [-0.2, -0.15) is 0 Å². The maximum Gasteiger partial charge on any atom is 0.305 e. The fraction of sp³-hybridized carbons (Fsp3) is 0.533. The van der Waals surface area contributed by atoms with Gasteiger partial charge in [0.1, 0.15) is 5.75 Å². The van der Waals surface area contributed by atoms with E-state index in [4.69, 9.17) is 14.6 Å². The maximum atomic E-state index is 11.1. The summed E-state index contributed by atoms with van der Waals surface area (Å²) in [5.74, 6) is 0.783. The smallest absolute Gasteiger partial charge is 0.305 e. The molecule has 0 saturated heterocycles. The van der Waals surface area contributed by atoms with E-state index in [1.807, 2.05) is 25.1 Å². The molecule has 19 heavy (non-hydrogen) atoms. The lowest BCUT2D eigenvalue weighted by atomic mass is 10.1. The Kier molecular flexibility index (Phi) is 10.6. The maximum absolute atomic E-state index is 11.1. The molecule has 108 valence electrons. The van der Waals surface area contributed by atoms with Gasteiger partial charge in [0.05, 0.1) is 13.7 Å². The zero-order valence-electron chi connectivity index (χ0n) is 12.0. The van der Waals surface area contributed by atoms with Crippen molar-refractivity contribution in [3.8, 4) is 5.75 Å². The minimum atomic E-state index is -0.0989. The molecular weight excluding hydrogens is 244 g/mol. The molecule has 0 unspecified atom stereocenters. The summed E-state index contributed by atoms with van der Waals surface area (Å²) in [6.45, 7) is 2.29. The lowest BCUT2D eigenvalue weighted by Crippen LogP contribution is -2.03. The van der Waals surface area contributed by atoms with Crippen LogP contribution in [0.15, 0.2) is 24.3 Å². The second-order valence-corrected chi connectivity index (χ2v) is 3.86. The molecule has 4 nitrogen and oxygen atoms in total. The van der Waals surface area contributed by atoms with Gasteiger partial charge in [0, 0.05) is 13.5 Å². The second-order valence-electron chi connectivity index (χ2n) is 3.86. The molecule has 0 bridgehead atoms. The number of rotatable bonds is 7. The second kappa shape index (κ2) is 11.5. The average molecular weight is 268 g/mol. The number of methoxy groups -OCH3 is 1. The number of unbranched alkanes of at least 4 members (excludes halogenated alkanes) is 1. The number of carbonyl (C=O) groups excluding carboxylic acids is 1. The van der Waals surface area contributed by atoms with Gasteiger partial charge >= 0.3 is 5.97 Å². The number of benzene rings is 1. The zero-order valence-corrected chi connectivity index (χ0v) is 12.0. The van der Waals surface area contributed by atoms with Gasteiger partial charge in [-0.3, -0.25) is 4.79 Å². The Balaban J connectivity index is 0.00000154. The number of ether oxygens (including phenoxy) is 2. The zero-order chi connectivity index (χ0) is 14.5. The third kappa shape index (κ3) is 8.21. The van der Waals surface area contributed by atoms with Crippen LogP contribution in [0.2, 0.25) is 0 Å². The van der Waals surface area contributed by atoms with Crippen LogP contribution >= 0.6 is 0 Å². The highest BCUT2D eigenvalue weighted by atomic mass is 16.5. The number of aliphatic hydroxyl groups excluding tert-OH is 1. The molecule has 0 fully saturated rings. The van der Waals surface area contributed by atoms with Gasteiger partial charge in [-0.15, -0.1) is 0 Å². The van der Waals surface area contributed by atoms with Gasteiger partial charge in [0.15, 0.2) is 0 Å². The molecule has 1 rings (SSSR count). The fourth-order valence-corrected chi connectivity index (χ4v) is 1.66. The first-order chi connectivity index (χ1) is 9.26. The fourth-order valence-electron chi connectivity index (χ4n) is 1.66. The van der Waals surface area contributed by atoms with Crippen molar-refractivity contribution in [1.29, 1.82) is 0 Å². The van der Waals surface area contributed by atoms with Gasteiger partial charge in [-0.25, -0.2) is 0 Å². The molecule has 1 N–H and O–H groups in total. The van der Waals surface area contributed by atoms with Crippen molar-refractivity contribution in [2.24, 2.45) is 0 Å². The van der Waals surface area contributed by atoms with Gasteiger partial charge in [-0.05, 0) is 43.9 Å². The summed E-state index contributed by atoms with van der Waals surface area (Å²) in [7, 11) is 2.67. The number of carbonyl (C=O) groups is 1. The molecular formula is C15H24O4. The van der Waals surface area contributed by atoms with Crippen LogP contribution in [0.25, 0.3) is 0 Å². The average Bonchev–Trinajstić information content (AvgIpc) is 2.46. The molecule has 0 aliphatic rings. The minimum Gasteiger partial charge on any atom is -0.497 e. The predicted molar refractivity (Wildman–Crippen MR) is 75.3 cm³/mol. The van der Waals surface area contributed by atoms with E-state index < -0.39 is 0 Å². The number of hydrogen-bond donors (Lipinski definition) is 1. The van der Waals surface area contributed by atoms with Crippen molar-refractivity contribution in [3.05, 3.63) is 29.8 Å². The number of esters is 1. The van der Waals surface area contributed by atoms with Crippen LogP contribution in [-0.2, 0) is 16.0 Å². The van der Waals surface area contributed by atoms with E-state index >= 15 is 0 Å². The summed E-state index contributed by atoms with van der Waals surface area (Å²) in [4.78, 5) is 11.1. The molecule has 0 saturated carbocycles. The van der Waals surface area contributed by atoms with Crippen molar-refractivity contribution >= 4 is 5.97 Å².